The number of nitrogens with zero attached hydrogens (tertiary/aromatic N) is 1. The van der Waals surface area contributed by atoms with E-state index in [2.05, 4.69) is 41.6 Å². The highest BCUT2D eigenvalue weighted by molar-refractivity contribution is 7.17. The maximum absolute atomic E-state index is 6.11. The Bertz CT molecular complexity index is 520. The highest BCUT2D eigenvalue weighted by atomic mass is 32.1. The van der Waals surface area contributed by atoms with Gasteiger partial charge < -0.3 is 5.73 Å². The molecule has 1 aromatic heterocycles. The summed E-state index contributed by atoms with van der Waals surface area (Å²) in [5, 5.41) is 3.72. The molecule has 0 amide bonds. The molecule has 2 atom stereocenters. The topological polar surface area (TPSA) is 29.3 Å². The number of likely N-dealkylation sites (tertiary alicyclic amines) is 1. The summed E-state index contributed by atoms with van der Waals surface area (Å²) in [6, 6.07) is 9.52. The normalized spacial score (nSPS) is 26.5. The summed E-state index contributed by atoms with van der Waals surface area (Å²) in [5.41, 5.74) is 7.58. The van der Waals surface area contributed by atoms with Crippen LogP contribution in [-0.2, 0) is 0 Å². The van der Waals surface area contributed by atoms with Crippen LogP contribution in [0.15, 0.2) is 29.6 Å². The van der Waals surface area contributed by atoms with Crippen LogP contribution in [-0.4, -0.2) is 24.5 Å². The largest absolute Gasteiger partial charge is 0.328 e. The van der Waals surface area contributed by atoms with Gasteiger partial charge in [-0.05, 0) is 48.8 Å². The number of fused-ring (bicyclic) bond motifs is 1. The van der Waals surface area contributed by atoms with Gasteiger partial charge in [-0.25, -0.2) is 0 Å². The van der Waals surface area contributed by atoms with E-state index >= 15 is 0 Å². The molecule has 0 aliphatic carbocycles. The Kier molecular flexibility index (Phi) is 2.90. The van der Waals surface area contributed by atoms with Crippen LogP contribution >= 0.6 is 11.3 Å². The van der Waals surface area contributed by atoms with Crippen LogP contribution in [0.25, 0.3) is 10.1 Å². The Hall–Kier alpha value is -0.900. The van der Waals surface area contributed by atoms with Gasteiger partial charge in [-0.1, -0.05) is 18.2 Å². The zero-order valence-electron chi connectivity index (χ0n) is 10.1. The molecule has 0 spiro atoms. The maximum atomic E-state index is 6.11. The lowest BCUT2D eigenvalue weighted by molar-refractivity contribution is 0.173. The molecule has 90 valence electrons. The lowest BCUT2D eigenvalue weighted by Gasteiger charge is -2.35. The van der Waals surface area contributed by atoms with Crippen molar-refractivity contribution in [2.75, 3.05) is 13.6 Å². The summed E-state index contributed by atoms with van der Waals surface area (Å²) in [4.78, 5) is 2.44. The van der Waals surface area contributed by atoms with E-state index in [9.17, 15) is 0 Å². The fourth-order valence-corrected chi connectivity index (χ4v) is 3.74. The van der Waals surface area contributed by atoms with Gasteiger partial charge in [0.1, 0.15) is 0 Å². The van der Waals surface area contributed by atoms with Crippen molar-refractivity contribution in [3.63, 3.8) is 0 Å². The predicted molar refractivity (Wildman–Crippen MR) is 74.4 cm³/mol. The highest BCUT2D eigenvalue weighted by Gasteiger charge is 2.26. The molecule has 1 aromatic carbocycles. The van der Waals surface area contributed by atoms with Crippen LogP contribution in [0.4, 0.5) is 0 Å². The van der Waals surface area contributed by atoms with Crippen molar-refractivity contribution < 1.29 is 0 Å². The fourth-order valence-electron chi connectivity index (χ4n) is 2.73. The Morgan fingerprint density at radius 3 is 3.06 bits per heavy atom. The number of nitrogens with two attached hydrogens (primary N) is 1. The summed E-state index contributed by atoms with van der Waals surface area (Å²) in [7, 11) is 2.21. The lowest BCUT2D eigenvalue weighted by atomic mass is 9.92. The Balaban J connectivity index is 2.02. The third-order valence-corrected chi connectivity index (χ3v) is 4.76. The summed E-state index contributed by atoms with van der Waals surface area (Å²) in [6.45, 7) is 1.11. The number of thiophene rings is 1. The van der Waals surface area contributed by atoms with Gasteiger partial charge in [-0.15, -0.1) is 11.3 Å². The number of rotatable bonds is 1. The summed E-state index contributed by atoms with van der Waals surface area (Å²) >= 11 is 1.84. The Labute approximate surface area is 106 Å². The molecule has 0 saturated carbocycles. The standard InChI is InChI=1S/C14H18N2S/c1-16-7-6-10(15)8-13(16)12-9-17-14-5-3-2-4-11(12)14/h2-5,9-10,13H,6-8,15H2,1H3. The zero-order chi connectivity index (χ0) is 11.8. The van der Waals surface area contributed by atoms with E-state index in [1.807, 2.05) is 11.3 Å². The SMILES string of the molecule is CN1CCC(N)CC1c1csc2ccccc12. The molecule has 1 aliphatic rings. The van der Waals surface area contributed by atoms with Gasteiger partial charge in [-0.2, -0.15) is 0 Å². The predicted octanol–water partition coefficient (Wildman–Crippen LogP) is 3.00. The van der Waals surface area contributed by atoms with E-state index < -0.39 is 0 Å². The average molecular weight is 246 g/mol. The van der Waals surface area contributed by atoms with Gasteiger partial charge in [-0.3, -0.25) is 4.90 Å². The van der Waals surface area contributed by atoms with E-state index in [1.165, 1.54) is 15.6 Å². The molecule has 2 unspecified atom stereocenters. The van der Waals surface area contributed by atoms with Gasteiger partial charge in [0.05, 0.1) is 0 Å². The number of piperidine rings is 1. The van der Waals surface area contributed by atoms with E-state index in [0.29, 0.717) is 12.1 Å². The molecule has 2 heterocycles. The molecule has 0 radical (unpaired) electrons. The van der Waals surface area contributed by atoms with Crippen molar-refractivity contribution in [1.29, 1.82) is 0 Å². The second kappa shape index (κ2) is 4.41. The molecule has 1 saturated heterocycles. The number of hydrogen-bond donors (Lipinski definition) is 1. The van der Waals surface area contributed by atoms with E-state index in [1.54, 1.807) is 0 Å². The quantitative estimate of drug-likeness (QED) is 0.838. The Morgan fingerprint density at radius 1 is 1.35 bits per heavy atom. The minimum Gasteiger partial charge on any atom is -0.328 e. The Morgan fingerprint density at radius 2 is 2.18 bits per heavy atom. The minimum absolute atomic E-state index is 0.356. The fraction of sp³-hybridized carbons (Fsp3) is 0.429. The van der Waals surface area contributed by atoms with Gasteiger partial charge in [0.2, 0.25) is 0 Å². The molecule has 3 rings (SSSR count). The van der Waals surface area contributed by atoms with E-state index in [4.69, 9.17) is 5.73 Å². The smallest absolute Gasteiger partial charge is 0.0374 e. The third-order valence-electron chi connectivity index (χ3n) is 3.78. The summed E-state index contributed by atoms with van der Waals surface area (Å²) in [6.07, 6.45) is 2.20. The molecule has 2 nitrogen and oxygen atoms in total. The summed E-state index contributed by atoms with van der Waals surface area (Å²) in [5.74, 6) is 0. The van der Waals surface area contributed by atoms with E-state index in [-0.39, 0.29) is 0 Å². The second-order valence-electron chi connectivity index (χ2n) is 4.97. The van der Waals surface area contributed by atoms with Gasteiger partial charge in [0.25, 0.3) is 0 Å². The van der Waals surface area contributed by atoms with Crippen LogP contribution < -0.4 is 5.73 Å². The zero-order valence-corrected chi connectivity index (χ0v) is 10.9. The van der Waals surface area contributed by atoms with Crippen molar-refractivity contribution in [2.24, 2.45) is 5.73 Å². The molecule has 2 aromatic rings. The second-order valence-corrected chi connectivity index (χ2v) is 5.88. The van der Waals surface area contributed by atoms with Gasteiger partial charge in [0.15, 0.2) is 0 Å². The van der Waals surface area contributed by atoms with Crippen molar-refractivity contribution >= 4 is 21.4 Å². The van der Waals surface area contributed by atoms with Gasteiger partial charge in [0, 0.05) is 16.8 Å². The first-order chi connectivity index (χ1) is 8.25. The molecular formula is C14H18N2S. The van der Waals surface area contributed by atoms with Crippen LogP contribution in [0.1, 0.15) is 24.4 Å². The molecule has 1 fully saturated rings. The van der Waals surface area contributed by atoms with Gasteiger partial charge >= 0.3 is 0 Å². The van der Waals surface area contributed by atoms with Crippen LogP contribution in [0.5, 0.6) is 0 Å². The van der Waals surface area contributed by atoms with Crippen molar-refractivity contribution in [3.05, 3.63) is 35.2 Å². The molecule has 0 bridgehead atoms. The first-order valence-electron chi connectivity index (χ1n) is 6.17. The minimum atomic E-state index is 0.356. The lowest BCUT2D eigenvalue weighted by Crippen LogP contribution is -2.39. The molecular weight excluding hydrogens is 228 g/mol. The number of hydrogen-bond acceptors (Lipinski definition) is 3. The molecule has 1 aliphatic heterocycles. The van der Waals surface area contributed by atoms with Crippen LogP contribution in [0.2, 0.25) is 0 Å². The first-order valence-corrected chi connectivity index (χ1v) is 7.05. The monoisotopic (exact) mass is 246 g/mol. The summed E-state index contributed by atoms with van der Waals surface area (Å²) < 4.78 is 1.38. The highest BCUT2D eigenvalue weighted by Crippen LogP contribution is 2.36. The first kappa shape index (κ1) is 11.2. The van der Waals surface area contributed by atoms with Crippen molar-refractivity contribution in [1.82, 2.24) is 4.90 Å². The molecule has 3 heteroatoms. The van der Waals surface area contributed by atoms with Crippen molar-refractivity contribution in [2.45, 2.75) is 24.9 Å². The molecule has 2 N–H and O–H groups in total. The van der Waals surface area contributed by atoms with Crippen molar-refractivity contribution in [3.8, 4) is 0 Å². The third kappa shape index (κ3) is 1.99. The van der Waals surface area contributed by atoms with Crippen LogP contribution in [0.3, 0.4) is 0 Å². The van der Waals surface area contributed by atoms with Crippen LogP contribution in [0, 0.1) is 0 Å². The van der Waals surface area contributed by atoms with E-state index in [0.717, 1.165) is 19.4 Å². The average Bonchev–Trinajstić information content (AvgIpc) is 2.76. The maximum Gasteiger partial charge on any atom is 0.0374 e. The molecule has 17 heavy (non-hydrogen) atoms. The number of benzene rings is 1.